The Hall–Kier alpha value is 0.440. The van der Waals surface area contributed by atoms with Crippen molar-refractivity contribution in [2.75, 3.05) is 6.61 Å². The summed E-state index contributed by atoms with van der Waals surface area (Å²) in [4.78, 5) is 0. The van der Waals surface area contributed by atoms with Crippen LogP contribution in [0.4, 0.5) is 0 Å². The van der Waals surface area contributed by atoms with Crippen LogP contribution in [0.3, 0.4) is 0 Å². The maximum absolute atomic E-state index is 9.49. The van der Waals surface area contributed by atoms with Crippen LogP contribution in [0.2, 0.25) is 0 Å². The summed E-state index contributed by atoms with van der Waals surface area (Å²) in [5, 5.41) is 18.2. The van der Waals surface area contributed by atoms with Gasteiger partial charge in [-0.3, -0.25) is 0 Å². The smallest absolute Gasteiger partial charge is 0.142 e. The molecule has 0 aromatic heterocycles. The first-order valence-electron chi connectivity index (χ1n) is 3.93. The molecular formula is C9H10I2O2. The lowest BCUT2D eigenvalue weighted by atomic mass is 10.1. The van der Waals surface area contributed by atoms with Gasteiger partial charge in [0.15, 0.2) is 0 Å². The number of aliphatic hydroxyl groups is 1. The van der Waals surface area contributed by atoms with Crippen LogP contribution >= 0.6 is 45.2 Å². The fraction of sp³-hybridized carbons (Fsp3) is 0.333. The van der Waals surface area contributed by atoms with Gasteiger partial charge in [-0.15, -0.1) is 0 Å². The van der Waals surface area contributed by atoms with Gasteiger partial charge in [-0.2, -0.15) is 0 Å². The zero-order chi connectivity index (χ0) is 9.84. The van der Waals surface area contributed by atoms with E-state index in [9.17, 15) is 5.11 Å². The van der Waals surface area contributed by atoms with Gasteiger partial charge in [-0.05, 0) is 75.7 Å². The molecule has 0 aliphatic rings. The lowest BCUT2D eigenvalue weighted by Crippen LogP contribution is -1.91. The van der Waals surface area contributed by atoms with E-state index in [4.69, 9.17) is 5.11 Å². The minimum Gasteiger partial charge on any atom is -0.506 e. The highest BCUT2D eigenvalue weighted by molar-refractivity contribution is 14.1. The summed E-state index contributed by atoms with van der Waals surface area (Å²) in [5.41, 5.74) is 1.17. The Morgan fingerprint density at radius 3 is 2.15 bits per heavy atom. The summed E-state index contributed by atoms with van der Waals surface area (Å²) in [6, 6.07) is 3.90. The highest BCUT2D eigenvalue weighted by atomic mass is 127. The van der Waals surface area contributed by atoms with Crippen molar-refractivity contribution < 1.29 is 10.2 Å². The maximum atomic E-state index is 9.49. The standard InChI is InChI=1S/C9H10I2O2/c10-7-4-6(2-1-3-12)5-8(11)9(7)13/h4-5,12-13H,1-3H2. The molecule has 4 heteroatoms. The van der Waals surface area contributed by atoms with Gasteiger partial charge in [0.1, 0.15) is 5.75 Å². The van der Waals surface area contributed by atoms with Gasteiger partial charge < -0.3 is 10.2 Å². The average molecular weight is 404 g/mol. The van der Waals surface area contributed by atoms with Crippen LogP contribution in [-0.2, 0) is 6.42 Å². The second-order valence-corrected chi connectivity index (χ2v) is 5.06. The first kappa shape index (κ1) is 11.5. The molecule has 0 saturated carbocycles. The molecule has 0 saturated heterocycles. The minimum atomic E-state index is 0.216. The number of aliphatic hydroxyl groups excluding tert-OH is 1. The number of hydrogen-bond donors (Lipinski definition) is 2. The van der Waals surface area contributed by atoms with E-state index in [0.29, 0.717) is 5.75 Å². The molecule has 0 amide bonds. The lowest BCUT2D eigenvalue weighted by Gasteiger charge is -2.04. The number of hydrogen-bond acceptors (Lipinski definition) is 2. The molecule has 0 aliphatic carbocycles. The molecule has 1 aromatic carbocycles. The van der Waals surface area contributed by atoms with Crippen LogP contribution in [-0.4, -0.2) is 16.8 Å². The van der Waals surface area contributed by atoms with Crippen LogP contribution in [0.5, 0.6) is 5.75 Å². The van der Waals surface area contributed by atoms with Crippen molar-refractivity contribution in [3.05, 3.63) is 24.8 Å². The van der Waals surface area contributed by atoms with Crippen molar-refractivity contribution in [1.29, 1.82) is 0 Å². The summed E-state index contributed by atoms with van der Waals surface area (Å²) >= 11 is 4.22. The molecule has 0 unspecified atom stereocenters. The van der Waals surface area contributed by atoms with Crippen LogP contribution in [0.1, 0.15) is 12.0 Å². The predicted molar refractivity (Wildman–Crippen MR) is 68.9 cm³/mol. The van der Waals surface area contributed by atoms with E-state index in [2.05, 4.69) is 45.2 Å². The van der Waals surface area contributed by atoms with Crippen LogP contribution in [0.25, 0.3) is 0 Å². The van der Waals surface area contributed by atoms with Gasteiger partial charge in [-0.1, -0.05) is 0 Å². The molecule has 2 nitrogen and oxygen atoms in total. The Labute approximate surface area is 105 Å². The summed E-state index contributed by atoms with van der Waals surface area (Å²) in [5.74, 6) is 0.356. The first-order chi connectivity index (χ1) is 6.15. The van der Waals surface area contributed by atoms with Crippen molar-refractivity contribution in [2.45, 2.75) is 12.8 Å². The van der Waals surface area contributed by atoms with Crippen LogP contribution in [0.15, 0.2) is 12.1 Å². The molecule has 0 bridgehead atoms. The molecule has 0 heterocycles. The van der Waals surface area contributed by atoms with Gasteiger partial charge in [0.2, 0.25) is 0 Å². The molecule has 13 heavy (non-hydrogen) atoms. The number of aryl methyl sites for hydroxylation is 1. The number of halogens is 2. The molecule has 0 fully saturated rings. The monoisotopic (exact) mass is 404 g/mol. The summed E-state index contributed by atoms with van der Waals surface area (Å²) in [6.45, 7) is 0.216. The molecule has 0 aliphatic heterocycles. The van der Waals surface area contributed by atoms with Gasteiger partial charge >= 0.3 is 0 Å². The second kappa shape index (κ2) is 5.35. The highest BCUT2D eigenvalue weighted by Crippen LogP contribution is 2.27. The molecule has 0 radical (unpaired) electrons. The van der Waals surface area contributed by atoms with Gasteiger partial charge in [0.25, 0.3) is 0 Å². The zero-order valence-corrected chi connectivity index (χ0v) is 11.2. The third-order valence-electron chi connectivity index (χ3n) is 1.70. The second-order valence-electron chi connectivity index (χ2n) is 2.74. The van der Waals surface area contributed by atoms with Crippen molar-refractivity contribution in [3.63, 3.8) is 0 Å². The third kappa shape index (κ3) is 3.25. The highest BCUT2D eigenvalue weighted by Gasteiger charge is 2.04. The zero-order valence-electron chi connectivity index (χ0n) is 6.93. The van der Waals surface area contributed by atoms with E-state index in [1.54, 1.807) is 0 Å². The lowest BCUT2D eigenvalue weighted by molar-refractivity contribution is 0.288. The van der Waals surface area contributed by atoms with Crippen molar-refractivity contribution in [3.8, 4) is 5.75 Å². The van der Waals surface area contributed by atoms with E-state index >= 15 is 0 Å². The summed E-state index contributed by atoms with van der Waals surface area (Å²) < 4.78 is 1.75. The van der Waals surface area contributed by atoms with Crippen molar-refractivity contribution >= 4 is 45.2 Å². The van der Waals surface area contributed by atoms with E-state index in [1.807, 2.05) is 12.1 Å². The first-order valence-corrected chi connectivity index (χ1v) is 6.08. The van der Waals surface area contributed by atoms with Crippen LogP contribution in [0, 0.1) is 7.14 Å². The van der Waals surface area contributed by atoms with E-state index in [1.165, 1.54) is 5.56 Å². The van der Waals surface area contributed by atoms with E-state index < -0.39 is 0 Å². The predicted octanol–water partition coefficient (Wildman–Crippen LogP) is 2.53. The molecule has 1 rings (SSSR count). The Morgan fingerprint density at radius 2 is 1.69 bits per heavy atom. The number of phenolic OH excluding ortho intramolecular Hbond substituents is 1. The number of benzene rings is 1. The normalized spacial score (nSPS) is 10.4. The Bertz CT molecular complexity index is 277. The maximum Gasteiger partial charge on any atom is 0.142 e. The molecule has 0 atom stereocenters. The quantitative estimate of drug-likeness (QED) is 0.761. The van der Waals surface area contributed by atoms with E-state index in [0.717, 1.165) is 20.0 Å². The molecule has 1 aromatic rings. The van der Waals surface area contributed by atoms with E-state index in [-0.39, 0.29) is 6.61 Å². The largest absolute Gasteiger partial charge is 0.506 e. The topological polar surface area (TPSA) is 40.5 Å². The molecule has 0 spiro atoms. The third-order valence-corrected chi connectivity index (χ3v) is 3.34. The van der Waals surface area contributed by atoms with Gasteiger partial charge in [0, 0.05) is 6.61 Å². The average Bonchev–Trinajstić information content (AvgIpc) is 2.10. The van der Waals surface area contributed by atoms with Gasteiger partial charge in [0.05, 0.1) is 7.14 Å². The minimum absolute atomic E-state index is 0.216. The van der Waals surface area contributed by atoms with Crippen molar-refractivity contribution in [1.82, 2.24) is 0 Å². The van der Waals surface area contributed by atoms with Crippen LogP contribution < -0.4 is 0 Å². The summed E-state index contributed by atoms with van der Waals surface area (Å²) in [7, 11) is 0. The molecular weight excluding hydrogens is 394 g/mol. The summed E-state index contributed by atoms with van der Waals surface area (Å²) in [6.07, 6.45) is 1.64. The Balaban J connectivity index is 2.86. The number of phenols is 1. The van der Waals surface area contributed by atoms with Crippen molar-refractivity contribution in [2.24, 2.45) is 0 Å². The SMILES string of the molecule is OCCCc1cc(I)c(O)c(I)c1. The molecule has 72 valence electrons. The molecule has 2 N–H and O–H groups in total. The Morgan fingerprint density at radius 1 is 1.15 bits per heavy atom. The van der Waals surface area contributed by atoms with Gasteiger partial charge in [-0.25, -0.2) is 0 Å². The number of rotatable bonds is 3. The fourth-order valence-electron chi connectivity index (χ4n) is 1.05. The fourth-order valence-corrected chi connectivity index (χ4v) is 2.94. The Kier molecular flexibility index (Phi) is 4.74. The number of aromatic hydroxyl groups is 1.